The second-order valence-electron chi connectivity index (χ2n) is 10.5. The predicted octanol–water partition coefficient (Wildman–Crippen LogP) is 4.88. The Balaban J connectivity index is 1.44. The van der Waals surface area contributed by atoms with Crippen LogP contribution in [0.4, 0.5) is 13.6 Å². The van der Waals surface area contributed by atoms with Gasteiger partial charge in [0.05, 0.1) is 36.1 Å². The largest absolute Gasteiger partial charge is 0.453 e. The van der Waals surface area contributed by atoms with Crippen LogP contribution in [0.1, 0.15) is 48.2 Å². The Morgan fingerprint density at radius 3 is 2.62 bits per heavy atom. The number of carbonyl (C=O) groups excluding carboxylic acids is 1. The number of pyridine rings is 1. The van der Waals surface area contributed by atoms with E-state index in [0.717, 1.165) is 17.5 Å². The molecular formula is C29H32F2N6O2. The first-order valence-corrected chi connectivity index (χ1v) is 13.0. The lowest BCUT2D eigenvalue weighted by molar-refractivity contribution is 0.0777. The molecule has 0 unspecified atom stereocenters. The maximum Gasteiger partial charge on any atom is 0.409 e. The molecule has 3 heterocycles. The van der Waals surface area contributed by atoms with Gasteiger partial charge in [-0.25, -0.2) is 23.1 Å². The normalized spacial score (nSPS) is 21.2. The zero-order chi connectivity index (χ0) is 27.8. The lowest BCUT2D eigenvalue weighted by atomic mass is 9.72. The molecular weight excluding hydrogens is 502 g/mol. The number of aryl methyl sites for hydroxylation is 1. The number of ether oxygens (including phenoxy) is 1. The zero-order valence-corrected chi connectivity index (χ0v) is 22.4. The van der Waals surface area contributed by atoms with Gasteiger partial charge >= 0.3 is 6.09 Å². The fourth-order valence-corrected chi connectivity index (χ4v) is 6.05. The molecule has 0 saturated heterocycles. The van der Waals surface area contributed by atoms with Gasteiger partial charge in [-0.2, -0.15) is 5.10 Å². The lowest BCUT2D eigenvalue weighted by Crippen LogP contribution is -2.55. The van der Waals surface area contributed by atoms with Crippen molar-refractivity contribution in [3.8, 4) is 11.3 Å². The van der Waals surface area contributed by atoms with Gasteiger partial charge in [-0.3, -0.25) is 4.98 Å². The van der Waals surface area contributed by atoms with Gasteiger partial charge in [0.25, 0.3) is 0 Å². The fraction of sp³-hybridized carbons (Fsp3) is 0.379. The molecule has 1 aliphatic rings. The second-order valence-corrected chi connectivity index (χ2v) is 10.5. The van der Waals surface area contributed by atoms with E-state index in [-0.39, 0.29) is 35.2 Å². The van der Waals surface area contributed by atoms with Crippen LogP contribution in [0.15, 0.2) is 48.9 Å². The van der Waals surface area contributed by atoms with Crippen molar-refractivity contribution in [2.24, 2.45) is 11.7 Å². The van der Waals surface area contributed by atoms with E-state index >= 15 is 0 Å². The molecule has 0 bridgehead atoms. The quantitative estimate of drug-likeness (QED) is 0.392. The van der Waals surface area contributed by atoms with Crippen LogP contribution >= 0.6 is 0 Å². The van der Waals surface area contributed by atoms with Gasteiger partial charge in [0.1, 0.15) is 17.5 Å². The van der Waals surface area contributed by atoms with E-state index in [4.69, 9.17) is 10.5 Å². The Bertz CT molecular complexity index is 1490. The number of amides is 1. The number of fused-ring (bicyclic) bond motifs is 1. The molecule has 8 nitrogen and oxygen atoms in total. The van der Waals surface area contributed by atoms with Crippen molar-refractivity contribution in [3.63, 3.8) is 0 Å². The maximum absolute atomic E-state index is 14.7. The number of methoxy groups -OCH3 is 1. The highest BCUT2D eigenvalue weighted by molar-refractivity contribution is 5.67. The molecule has 39 heavy (non-hydrogen) atoms. The number of carbonyl (C=O) groups is 1. The number of hydrogen-bond acceptors (Lipinski definition) is 6. The Morgan fingerprint density at radius 1 is 1.18 bits per heavy atom. The first-order valence-electron chi connectivity index (χ1n) is 13.0. The van der Waals surface area contributed by atoms with E-state index < -0.39 is 17.7 Å². The molecule has 4 atom stereocenters. The Labute approximate surface area is 225 Å². The summed E-state index contributed by atoms with van der Waals surface area (Å²) in [6.45, 7) is 3.75. The van der Waals surface area contributed by atoms with Crippen LogP contribution in [0.2, 0.25) is 0 Å². The second kappa shape index (κ2) is 10.7. The van der Waals surface area contributed by atoms with E-state index in [1.54, 1.807) is 47.9 Å². The molecule has 0 aliphatic heterocycles. The van der Waals surface area contributed by atoms with Crippen molar-refractivity contribution in [1.29, 1.82) is 0 Å². The summed E-state index contributed by atoms with van der Waals surface area (Å²) in [5, 5.41) is 4.56. The number of benzene rings is 1. The maximum atomic E-state index is 14.7. The molecule has 1 aliphatic carbocycles. The summed E-state index contributed by atoms with van der Waals surface area (Å²) in [6, 6.07) is 7.60. The molecule has 1 saturated carbocycles. The topological polar surface area (TPSA) is 98.6 Å². The summed E-state index contributed by atoms with van der Waals surface area (Å²) >= 11 is 0. The number of nitrogens with zero attached hydrogens (tertiary/aromatic N) is 5. The van der Waals surface area contributed by atoms with Crippen molar-refractivity contribution in [2.45, 2.75) is 51.1 Å². The third-order valence-electron chi connectivity index (χ3n) is 7.77. The molecule has 1 aromatic carbocycles. The van der Waals surface area contributed by atoms with Gasteiger partial charge in [0.15, 0.2) is 0 Å². The fourth-order valence-electron chi connectivity index (χ4n) is 6.05. The predicted molar refractivity (Wildman–Crippen MR) is 143 cm³/mol. The summed E-state index contributed by atoms with van der Waals surface area (Å²) in [5.74, 6) is -0.366. The van der Waals surface area contributed by atoms with E-state index in [1.165, 1.54) is 19.2 Å². The monoisotopic (exact) mass is 534 g/mol. The van der Waals surface area contributed by atoms with E-state index in [1.807, 2.05) is 12.3 Å². The Hall–Kier alpha value is -3.92. The highest BCUT2D eigenvalue weighted by Crippen LogP contribution is 2.39. The van der Waals surface area contributed by atoms with Gasteiger partial charge in [-0.1, -0.05) is 6.92 Å². The van der Waals surface area contributed by atoms with Crippen LogP contribution in [0.25, 0.3) is 16.8 Å². The SMILES string of the molecule is COC(=O)N(C)[C@@H]1[C@H](N)C[C@H](c2ccncc2Cc2ncc3ccc(-c4c(F)cc(C)cc4F)nn23)C[C@@H]1C. The molecule has 1 fully saturated rings. The molecule has 0 radical (unpaired) electrons. The van der Waals surface area contributed by atoms with Crippen LogP contribution in [0.3, 0.4) is 0 Å². The first kappa shape index (κ1) is 26.7. The Morgan fingerprint density at radius 2 is 1.92 bits per heavy atom. The van der Waals surface area contributed by atoms with Crippen molar-refractivity contribution < 1.29 is 18.3 Å². The molecule has 2 N–H and O–H groups in total. The van der Waals surface area contributed by atoms with Crippen LogP contribution in [0.5, 0.6) is 0 Å². The van der Waals surface area contributed by atoms with E-state index in [2.05, 4.69) is 22.0 Å². The molecule has 1 amide bonds. The molecule has 5 rings (SSSR count). The highest BCUT2D eigenvalue weighted by atomic mass is 19.1. The van der Waals surface area contributed by atoms with E-state index in [9.17, 15) is 13.6 Å². The minimum atomic E-state index is -0.658. The minimum Gasteiger partial charge on any atom is -0.453 e. The molecule has 0 spiro atoms. The molecule has 204 valence electrons. The van der Waals surface area contributed by atoms with Gasteiger partial charge in [-0.05, 0) is 78.6 Å². The molecule has 3 aromatic heterocycles. The number of hydrogen-bond donors (Lipinski definition) is 1. The number of likely N-dealkylation sites (N-methyl/N-ethyl adjacent to an activating group) is 1. The lowest BCUT2D eigenvalue weighted by Gasteiger charge is -2.43. The summed E-state index contributed by atoms with van der Waals surface area (Å²) in [6.07, 6.45) is 6.85. The van der Waals surface area contributed by atoms with Crippen LogP contribution in [0, 0.1) is 24.5 Å². The van der Waals surface area contributed by atoms with Gasteiger partial charge < -0.3 is 15.4 Å². The first-order chi connectivity index (χ1) is 18.7. The third kappa shape index (κ3) is 5.08. The molecule has 10 heteroatoms. The summed E-state index contributed by atoms with van der Waals surface area (Å²) in [7, 11) is 3.10. The van der Waals surface area contributed by atoms with Crippen LogP contribution < -0.4 is 5.73 Å². The average Bonchev–Trinajstić information content (AvgIpc) is 3.29. The van der Waals surface area contributed by atoms with Crippen molar-refractivity contribution in [2.75, 3.05) is 14.2 Å². The number of halogens is 2. The number of aromatic nitrogens is 4. The van der Waals surface area contributed by atoms with Crippen molar-refractivity contribution in [1.82, 2.24) is 24.5 Å². The van der Waals surface area contributed by atoms with Gasteiger partial charge in [0, 0.05) is 31.9 Å². The van der Waals surface area contributed by atoms with Crippen LogP contribution in [-0.4, -0.2) is 56.8 Å². The van der Waals surface area contributed by atoms with E-state index in [0.29, 0.717) is 29.7 Å². The minimum absolute atomic E-state index is 0.125. The zero-order valence-electron chi connectivity index (χ0n) is 22.4. The average molecular weight is 535 g/mol. The number of rotatable bonds is 5. The number of imidazole rings is 1. The van der Waals surface area contributed by atoms with Crippen LogP contribution in [-0.2, 0) is 11.2 Å². The van der Waals surface area contributed by atoms with Crippen molar-refractivity contribution in [3.05, 3.63) is 83.1 Å². The summed E-state index contributed by atoms with van der Waals surface area (Å²) < 4.78 is 35.9. The van der Waals surface area contributed by atoms with Gasteiger partial charge in [0.2, 0.25) is 0 Å². The number of nitrogens with two attached hydrogens (primary N) is 1. The standard InChI is InChI=1S/C29H32F2N6O2/c1-16-9-22(30)27(23(31)10-16)25-6-5-20-15-34-26(37(20)35-25)13-19-14-33-8-7-21(19)18-11-17(2)28(24(32)12-18)36(3)29(38)39-4/h5-10,14-15,17-18,24,28H,11-13,32H2,1-4H3/t17-,18+,24+,28-/m0/s1. The van der Waals surface area contributed by atoms with Gasteiger partial charge in [-0.15, -0.1) is 0 Å². The summed E-state index contributed by atoms with van der Waals surface area (Å²) in [4.78, 5) is 22.7. The Kier molecular flexibility index (Phi) is 7.31. The molecule has 4 aromatic rings. The van der Waals surface area contributed by atoms with Crippen molar-refractivity contribution >= 4 is 11.6 Å². The highest BCUT2D eigenvalue weighted by Gasteiger charge is 2.39. The summed E-state index contributed by atoms with van der Waals surface area (Å²) in [5.41, 5.74) is 9.95. The smallest absolute Gasteiger partial charge is 0.409 e. The third-order valence-corrected chi connectivity index (χ3v) is 7.77.